The van der Waals surface area contributed by atoms with E-state index in [0.29, 0.717) is 19.0 Å². The fraction of sp³-hybridized carbons (Fsp3) is 0.875. The van der Waals surface area contributed by atoms with Crippen molar-refractivity contribution in [1.82, 2.24) is 10.2 Å². The monoisotopic (exact) mass is 280 g/mol. The summed E-state index contributed by atoms with van der Waals surface area (Å²) < 4.78 is 0. The highest BCUT2D eigenvalue weighted by Crippen LogP contribution is 2.29. The molecule has 0 aromatic carbocycles. The Hall–Kier alpha value is -1.06. The van der Waals surface area contributed by atoms with E-state index in [0.717, 1.165) is 25.2 Å². The minimum absolute atomic E-state index is 0.0235. The summed E-state index contributed by atoms with van der Waals surface area (Å²) in [6.45, 7) is 7.00. The fourth-order valence-electron chi connectivity index (χ4n) is 3.36. The summed E-state index contributed by atoms with van der Waals surface area (Å²) in [5.74, 6) is 1.15. The van der Waals surface area contributed by atoms with E-state index in [4.69, 9.17) is 0 Å². The van der Waals surface area contributed by atoms with Gasteiger partial charge < -0.3 is 10.2 Å². The Balaban J connectivity index is 2.10. The molecule has 1 saturated carbocycles. The van der Waals surface area contributed by atoms with Gasteiger partial charge in [0.1, 0.15) is 6.04 Å². The third-order valence-electron chi connectivity index (χ3n) is 5.08. The Kier molecular flexibility index (Phi) is 5.06. The summed E-state index contributed by atoms with van der Waals surface area (Å²) in [4.78, 5) is 26.6. The Bertz CT molecular complexity index is 361. The van der Waals surface area contributed by atoms with Crippen molar-refractivity contribution in [2.45, 2.75) is 71.4 Å². The van der Waals surface area contributed by atoms with Crippen LogP contribution in [0.5, 0.6) is 0 Å². The summed E-state index contributed by atoms with van der Waals surface area (Å²) >= 11 is 0. The predicted octanol–water partition coefficient (Wildman–Crippen LogP) is 2.33. The second-order valence-corrected chi connectivity index (χ2v) is 6.63. The van der Waals surface area contributed by atoms with Gasteiger partial charge >= 0.3 is 0 Å². The summed E-state index contributed by atoms with van der Waals surface area (Å²) in [6, 6.07) is 0.0207. The standard InChI is InChI=1S/C16H28N2O2/c1-4-12(3)15-16(20)18(10-9-14(19)17-15)13-7-5-11(2)6-8-13/h11-13,15H,4-10H2,1-3H3,(H,17,19). The lowest BCUT2D eigenvalue weighted by Gasteiger charge is -2.37. The molecule has 2 fully saturated rings. The van der Waals surface area contributed by atoms with E-state index in [1.165, 1.54) is 12.8 Å². The molecule has 2 rings (SSSR count). The van der Waals surface area contributed by atoms with E-state index < -0.39 is 0 Å². The van der Waals surface area contributed by atoms with Crippen LogP contribution in [0.2, 0.25) is 0 Å². The smallest absolute Gasteiger partial charge is 0.245 e. The van der Waals surface area contributed by atoms with Crippen molar-refractivity contribution in [2.75, 3.05) is 6.54 Å². The van der Waals surface area contributed by atoms with Crippen molar-refractivity contribution < 1.29 is 9.59 Å². The van der Waals surface area contributed by atoms with Gasteiger partial charge in [-0.25, -0.2) is 0 Å². The molecule has 2 amide bonds. The van der Waals surface area contributed by atoms with Crippen LogP contribution in [0.25, 0.3) is 0 Å². The minimum Gasteiger partial charge on any atom is -0.344 e. The predicted molar refractivity (Wildman–Crippen MR) is 79.1 cm³/mol. The summed E-state index contributed by atoms with van der Waals surface area (Å²) in [5, 5.41) is 2.93. The molecule has 2 unspecified atom stereocenters. The first-order valence-corrected chi connectivity index (χ1v) is 8.12. The maximum Gasteiger partial charge on any atom is 0.245 e. The van der Waals surface area contributed by atoms with Crippen molar-refractivity contribution in [1.29, 1.82) is 0 Å². The minimum atomic E-state index is -0.325. The van der Waals surface area contributed by atoms with Gasteiger partial charge in [-0.3, -0.25) is 9.59 Å². The van der Waals surface area contributed by atoms with Crippen molar-refractivity contribution in [3.05, 3.63) is 0 Å². The number of carbonyl (C=O) groups excluding carboxylic acids is 2. The van der Waals surface area contributed by atoms with E-state index in [-0.39, 0.29) is 23.8 Å². The highest BCUT2D eigenvalue weighted by molar-refractivity contribution is 5.90. The van der Waals surface area contributed by atoms with Gasteiger partial charge in [-0.1, -0.05) is 27.2 Å². The van der Waals surface area contributed by atoms with Gasteiger partial charge in [0.05, 0.1) is 0 Å². The van der Waals surface area contributed by atoms with Crippen LogP contribution in [0.15, 0.2) is 0 Å². The SMILES string of the molecule is CCC(C)C1NC(=O)CCN(C2CCC(C)CC2)C1=O. The number of amides is 2. The summed E-state index contributed by atoms with van der Waals surface area (Å²) in [6.07, 6.45) is 5.94. The molecule has 4 heteroatoms. The van der Waals surface area contributed by atoms with Crippen LogP contribution in [-0.2, 0) is 9.59 Å². The molecule has 4 nitrogen and oxygen atoms in total. The van der Waals surface area contributed by atoms with Crippen LogP contribution in [0.1, 0.15) is 59.3 Å². The zero-order valence-electron chi connectivity index (χ0n) is 13.0. The van der Waals surface area contributed by atoms with Gasteiger partial charge in [0.15, 0.2) is 0 Å². The molecular weight excluding hydrogens is 252 g/mol. The Morgan fingerprint density at radius 1 is 1.25 bits per heavy atom. The number of hydrogen-bond acceptors (Lipinski definition) is 2. The van der Waals surface area contributed by atoms with E-state index in [1.807, 2.05) is 4.90 Å². The van der Waals surface area contributed by atoms with Crippen LogP contribution in [-0.4, -0.2) is 35.3 Å². The lowest BCUT2D eigenvalue weighted by Crippen LogP contribution is -2.51. The van der Waals surface area contributed by atoms with Crippen molar-refractivity contribution in [3.8, 4) is 0 Å². The second kappa shape index (κ2) is 6.59. The normalized spacial score (nSPS) is 33.5. The fourth-order valence-corrected chi connectivity index (χ4v) is 3.36. The molecular formula is C16H28N2O2. The topological polar surface area (TPSA) is 49.4 Å². The third-order valence-corrected chi connectivity index (χ3v) is 5.08. The molecule has 0 bridgehead atoms. The van der Waals surface area contributed by atoms with Crippen molar-refractivity contribution in [2.24, 2.45) is 11.8 Å². The molecule has 1 heterocycles. The highest BCUT2D eigenvalue weighted by Gasteiger charge is 2.36. The summed E-state index contributed by atoms with van der Waals surface area (Å²) in [7, 11) is 0. The first-order chi connectivity index (χ1) is 9.52. The molecule has 2 aliphatic rings. The number of rotatable bonds is 3. The van der Waals surface area contributed by atoms with E-state index in [9.17, 15) is 9.59 Å². The van der Waals surface area contributed by atoms with Crippen LogP contribution >= 0.6 is 0 Å². The highest BCUT2D eigenvalue weighted by atomic mass is 16.2. The first kappa shape index (κ1) is 15.3. The molecule has 0 spiro atoms. The third kappa shape index (κ3) is 3.33. The summed E-state index contributed by atoms with van der Waals surface area (Å²) in [5.41, 5.74) is 0. The second-order valence-electron chi connectivity index (χ2n) is 6.63. The van der Waals surface area contributed by atoms with Crippen molar-refractivity contribution in [3.63, 3.8) is 0 Å². The maximum absolute atomic E-state index is 12.8. The van der Waals surface area contributed by atoms with Gasteiger partial charge in [-0.2, -0.15) is 0 Å². The maximum atomic E-state index is 12.8. The molecule has 0 aromatic rings. The molecule has 2 atom stereocenters. The zero-order valence-corrected chi connectivity index (χ0v) is 13.0. The van der Waals surface area contributed by atoms with Gasteiger partial charge in [0, 0.05) is 19.0 Å². The zero-order chi connectivity index (χ0) is 14.7. The lowest BCUT2D eigenvalue weighted by molar-refractivity contribution is -0.137. The number of nitrogens with zero attached hydrogens (tertiary/aromatic N) is 1. The van der Waals surface area contributed by atoms with Crippen molar-refractivity contribution >= 4 is 11.8 Å². The quantitative estimate of drug-likeness (QED) is 0.862. The molecule has 1 aliphatic heterocycles. The van der Waals surface area contributed by atoms with Gasteiger partial charge in [0.2, 0.25) is 11.8 Å². The van der Waals surface area contributed by atoms with E-state index >= 15 is 0 Å². The molecule has 20 heavy (non-hydrogen) atoms. The lowest BCUT2D eigenvalue weighted by atomic mass is 9.86. The van der Waals surface area contributed by atoms with E-state index in [1.54, 1.807) is 0 Å². The molecule has 1 saturated heterocycles. The van der Waals surface area contributed by atoms with Gasteiger partial charge in [-0.05, 0) is 37.5 Å². The molecule has 1 N–H and O–H groups in total. The number of hydrogen-bond donors (Lipinski definition) is 1. The molecule has 0 radical (unpaired) electrons. The van der Waals surface area contributed by atoms with Crippen LogP contribution in [0.3, 0.4) is 0 Å². The molecule has 0 aromatic heterocycles. The Morgan fingerprint density at radius 2 is 1.90 bits per heavy atom. The average Bonchev–Trinajstić information content (AvgIpc) is 2.59. The molecule has 1 aliphatic carbocycles. The van der Waals surface area contributed by atoms with Gasteiger partial charge in [-0.15, -0.1) is 0 Å². The average molecular weight is 280 g/mol. The van der Waals surface area contributed by atoms with E-state index in [2.05, 4.69) is 26.1 Å². The van der Waals surface area contributed by atoms with Gasteiger partial charge in [0.25, 0.3) is 0 Å². The van der Waals surface area contributed by atoms with Crippen LogP contribution in [0, 0.1) is 11.8 Å². The Labute approximate surface area is 122 Å². The molecule has 114 valence electrons. The van der Waals surface area contributed by atoms with Crippen LogP contribution < -0.4 is 5.32 Å². The number of nitrogens with one attached hydrogen (secondary N) is 1. The van der Waals surface area contributed by atoms with Crippen LogP contribution in [0.4, 0.5) is 0 Å². The first-order valence-electron chi connectivity index (χ1n) is 8.12. The largest absolute Gasteiger partial charge is 0.344 e. The Morgan fingerprint density at radius 3 is 2.50 bits per heavy atom. The number of carbonyl (C=O) groups is 2.